The van der Waals surface area contributed by atoms with Gasteiger partial charge in [-0.15, -0.1) is 0 Å². The molecule has 18 heavy (non-hydrogen) atoms. The summed E-state index contributed by atoms with van der Waals surface area (Å²) < 4.78 is 28.4. The number of carbonyl (C=O) groups is 1. The summed E-state index contributed by atoms with van der Waals surface area (Å²) in [5, 5.41) is 9.14. The molecule has 6 nitrogen and oxygen atoms in total. The Morgan fingerprint density at radius 1 is 1.22 bits per heavy atom. The molecule has 0 aliphatic rings. The number of carboxylic acid groups (broad SMARTS) is 1. The molecule has 0 unspecified atom stereocenters. The van der Waals surface area contributed by atoms with Crippen LogP contribution in [0, 0.1) is 11.3 Å². The zero-order valence-corrected chi connectivity index (χ0v) is 12.7. The smallest absolute Gasteiger partial charge is 0.310 e. The molecule has 0 radical (unpaired) electrons. The van der Waals surface area contributed by atoms with Gasteiger partial charge in [0.05, 0.1) is 5.41 Å². The maximum absolute atomic E-state index is 11.8. The van der Waals surface area contributed by atoms with Crippen LogP contribution >= 0.6 is 0 Å². The van der Waals surface area contributed by atoms with Crippen molar-refractivity contribution in [2.45, 2.75) is 47.1 Å². The van der Waals surface area contributed by atoms with Crippen LogP contribution in [0.4, 0.5) is 0 Å². The van der Waals surface area contributed by atoms with Crippen molar-refractivity contribution in [3.8, 4) is 0 Å². The zero-order valence-electron chi connectivity index (χ0n) is 11.9. The van der Waals surface area contributed by atoms with Crippen LogP contribution in [0.5, 0.6) is 0 Å². The maximum Gasteiger partial charge on any atom is 0.310 e. The molecule has 0 bridgehead atoms. The van der Waals surface area contributed by atoms with Gasteiger partial charge in [0.2, 0.25) is 0 Å². The van der Waals surface area contributed by atoms with Crippen molar-refractivity contribution in [3.63, 3.8) is 0 Å². The Morgan fingerprint density at radius 3 is 2.00 bits per heavy atom. The first kappa shape index (κ1) is 17.3. The average molecular weight is 280 g/mol. The van der Waals surface area contributed by atoms with Crippen molar-refractivity contribution in [2.24, 2.45) is 11.3 Å². The summed E-state index contributed by atoms with van der Waals surface area (Å²) in [5.74, 6) is -0.878. The van der Waals surface area contributed by atoms with Crippen molar-refractivity contribution < 1.29 is 18.3 Å². The monoisotopic (exact) mass is 280 g/mol. The number of aliphatic carboxylic acids is 1. The van der Waals surface area contributed by atoms with Gasteiger partial charge in [-0.05, 0) is 33.6 Å². The number of nitrogens with one attached hydrogen (secondary N) is 2. The molecule has 108 valence electrons. The first-order chi connectivity index (χ1) is 7.82. The minimum atomic E-state index is -3.71. The molecule has 0 aliphatic carbocycles. The molecule has 0 rings (SSSR count). The van der Waals surface area contributed by atoms with E-state index in [0.717, 1.165) is 0 Å². The third-order valence-electron chi connectivity index (χ3n) is 3.17. The second-order valence-corrected chi connectivity index (χ2v) is 7.40. The number of hydrogen-bond acceptors (Lipinski definition) is 3. The molecule has 0 saturated carbocycles. The Bertz CT molecular complexity index is 399. The molecular weight excluding hydrogens is 256 g/mol. The Labute approximate surface area is 109 Å². The van der Waals surface area contributed by atoms with Crippen LogP contribution < -0.4 is 9.44 Å². The molecule has 7 heteroatoms. The molecule has 0 atom stereocenters. The molecule has 0 saturated heterocycles. The first-order valence-corrected chi connectivity index (χ1v) is 7.32. The lowest BCUT2D eigenvalue weighted by atomic mass is 9.75. The van der Waals surface area contributed by atoms with Crippen LogP contribution in [0.25, 0.3) is 0 Å². The summed E-state index contributed by atoms with van der Waals surface area (Å²) in [6, 6.07) is 0. The van der Waals surface area contributed by atoms with E-state index in [1.54, 1.807) is 13.8 Å². The summed E-state index contributed by atoms with van der Waals surface area (Å²) >= 11 is 0. The van der Waals surface area contributed by atoms with Crippen LogP contribution in [-0.2, 0) is 15.0 Å². The highest BCUT2D eigenvalue weighted by Gasteiger charge is 2.45. The van der Waals surface area contributed by atoms with Crippen molar-refractivity contribution in [3.05, 3.63) is 0 Å². The van der Waals surface area contributed by atoms with Gasteiger partial charge in [0.25, 0.3) is 10.2 Å². The largest absolute Gasteiger partial charge is 0.481 e. The summed E-state index contributed by atoms with van der Waals surface area (Å²) in [7, 11) is -3.71. The second kappa shape index (κ2) is 5.54. The van der Waals surface area contributed by atoms with Crippen LogP contribution in [0.3, 0.4) is 0 Å². The molecule has 0 fully saturated rings. The molecule has 3 N–H and O–H groups in total. The van der Waals surface area contributed by atoms with Gasteiger partial charge in [0.15, 0.2) is 0 Å². The van der Waals surface area contributed by atoms with E-state index < -0.39 is 27.1 Å². The van der Waals surface area contributed by atoms with Gasteiger partial charge in [-0.1, -0.05) is 13.8 Å². The predicted octanol–water partition coefficient (Wildman–Crippen LogP) is 0.956. The lowest BCUT2D eigenvalue weighted by Gasteiger charge is -2.38. The van der Waals surface area contributed by atoms with Crippen LogP contribution in [0.15, 0.2) is 0 Å². The molecule has 0 aromatic heterocycles. The van der Waals surface area contributed by atoms with Crippen molar-refractivity contribution >= 4 is 16.2 Å². The van der Waals surface area contributed by atoms with Crippen LogP contribution in [0.2, 0.25) is 0 Å². The normalized spacial score (nSPS) is 13.9. The van der Waals surface area contributed by atoms with Crippen LogP contribution in [0.1, 0.15) is 41.5 Å². The lowest BCUT2D eigenvalue weighted by Crippen LogP contribution is -2.59. The highest BCUT2D eigenvalue weighted by Crippen LogP contribution is 2.31. The Balaban J connectivity index is 4.92. The van der Waals surface area contributed by atoms with Crippen molar-refractivity contribution in [1.82, 2.24) is 9.44 Å². The number of carboxylic acids is 1. The number of rotatable bonds is 7. The summed E-state index contributed by atoms with van der Waals surface area (Å²) in [6.45, 7) is 10.1. The van der Waals surface area contributed by atoms with Gasteiger partial charge in [-0.2, -0.15) is 13.1 Å². The molecule has 0 aromatic rings. The van der Waals surface area contributed by atoms with Gasteiger partial charge in [0, 0.05) is 12.1 Å². The van der Waals surface area contributed by atoms with Crippen molar-refractivity contribution in [2.75, 3.05) is 6.54 Å². The van der Waals surface area contributed by atoms with E-state index in [1.807, 2.05) is 13.8 Å². The SMILES string of the molecule is CC(C)CNS(=O)(=O)NC(C)(C)C(C)(C)C(=O)O. The van der Waals surface area contributed by atoms with Gasteiger partial charge in [-0.25, -0.2) is 4.72 Å². The molecule has 0 heterocycles. The molecule has 0 aliphatic heterocycles. The van der Waals surface area contributed by atoms with Gasteiger partial charge < -0.3 is 5.11 Å². The Kier molecular flexibility index (Phi) is 5.34. The fourth-order valence-electron chi connectivity index (χ4n) is 1.04. The standard InChI is InChI=1S/C11H24N2O4S/c1-8(2)7-12-18(16,17)13-11(5,6)10(3,4)9(14)15/h8,12-13H,7H2,1-6H3,(H,14,15). The van der Waals surface area contributed by atoms with E-state index in [1.165, 1.54) is 13.8 Å². The third kappa shape index (κ3) is 4.55. The maximum atomic E-state index is 11.8. The van der Waals surface area contributed by atoms with Gasteiger partial charge >= 0.3 is 5.97 Å². The summed E-state index contributed by atoms with van der Waals surface area (Å²) in [6.07, 6.45) is 0. The highest BCUT2D eigenvalue weighted by molar-refractivity contribution is 7.87. The lowest BCUT2D eigenvalue weighted by molar-refractivity contribution is -0.150. The Hall–Kier alpha value is -0.660. The van der Waals surface area contributed by atoms with E-state index in [2.05, 4.69) is 9.44 Å². The minimum absolute atomic E-state index is 0.178. The fourth-order valence-corrected chi connectivity index (χ4v) is 2.60. The fraction of sp³-hybridized carbons (Fsp3) is 0.909. The molecular formula is C11H24N2O4S. The van der Waals surface area contributed by atoms with E-state index in [0.29, 0.717) is 6.54 Å². The second-order valence-electron chi connectivity index (χ2n) is 5.90. The molecule has 0 aromatic carbocycles. The van der Waals surface area contributed by atoms with E-state index >= 15 is 0 Å². The average Bonchev–Trinajstić information content (AvgIpc) is 2.12. The highest BCUT2D eigenvalue weighted by atomic mass is 32.2. The predicted molar refractivity (Wildman–Crippen MR) is 70.4 cm³/mol. The van der Waals surface area contributed by atoms with E-state index in [9.17, 15) is 13.2 Å². The van der Waals surface area contributed by atoms with E-state index in [-0.39, 0.29) is 5.92 Å². The topological polar surface area (TPSA) is 95.5 Å². The first-order valence-electron chi connectivity index (χ1n) is 5.84. The Morgan fingerprint density at radius 2 is 1.67 bits per heavy atom. The summed E-state index contributed by atoms with van der Waals surface area (Å²) in [5.41, 5.74) is -2.33. The van der Waals surface area contributed by atoms with Crippen molar-refractivity contribution in [1.29, 1.82) is 0 Å². The van der Waals surface area contributed by atoms with Gasteiger partial charge in [-0.3, -0.25) is 4.79 Å². The summed E-state index contributed by atoms with van der Waals surface area (Å²) in [4.78, 5) is 11.2. The quantitative estimate of drug-likeness (QED) is 0.647. The van der Waals surface area contributed by atoms with Gasteiger partial charge in [0.1, 0.15) is 0 Å². The molecule has 0 spiro atoms. The number of hydrogen-bond donors (Lipinski definition) is 3. The minimum Gasteiger partial charge on any atom is -0.481 e. The third-order valence-corrected chi connectivity index (χ3v) is 4.49. The van der Waals surface area contributed by atoms with Crippen LogP contribution in [-0.4, -0.2) is 31.6 Å². The zero-order chi connectivity index (χ0) is 14.8. The molecule has 0 amide bonds. The van der Waals surface area contributed by atoms with E-state index in [4.69, 9.17) is 5.11 Å².